The maximum absolute atomic E-state index is 4.52. The molecular weight excluding hydrogens is 180 g/mol. The summed E-state index contributed by atoms with van der Waals surface area (Å²) >= 11 is 1.75. The van der Waals surface area contributed by atoms with Crippen LogP contribution in [0, 0.1) is 0 Å². The van der Waals surface area contributed by atoms with Gasteiger partial charge in [0.1, 0.15) is 0 Å². The van der Waals surface area contributed by atoms with Gasteiger partial charge < -0.3 is 0 Å². The fourth-order valence-electron chi connectivity index (χ4n) is 1.28. The molecule has 0 aliphatic carbocycles. The van der Waals surface area contributed by atoms with E-state index in [-0.39, 0.29) is 0 Å². The Balaban J connectivity index is 2.21. The number of allylic oxidation sites excluding steroid dienone is 1. The largest absolute Gasteiger partial charge is 0.273 e. The van der Waals surface area contributed by atoms with E-state index in [0.717, 1.165) is 13.0 Å². The van der Waals surface area contributed by atoms with Crippen LogP contribution in [0.3, 0.4) is 0 Å². The Morgan fingerprint density at radius 2 is 2.54 bits per heavy atom. The van der Waals surface area contributed by atoms with E-state index in [0.29, 0.717) is 0 Å². The summed E-state index contributed by atoms with van der Waals surface area (Å²) < 4.78 is 0. The van der Waals surface area contributed by atoms with Crippen molar-refractivity contribution in [3.05, 3.63) is 34.7 Å². The van der Waals surface area contributed by atoms with Gasteiger partial charge in [-0.2, -0.15) is 5.10 Å². The summed E-state index contributed by atoms with van der Waals surface area (Å²) in [5.74, 6) is 0. The third-order valence-electron chi connectivity index (χ3n) is 1.97. The summed E-state index contributed by atoms with van der Waals surface area (Å²) in [6.45, 7) is 3.04. The molecule has 1 aromatic rings. The van der Waals surface area contributed by atoms with Gasteiger partial charge in [0.05, 0.1) is 10.6 Å². The molecule has 0 saturated carbocycles. The molecule has 1 aromatic heterocycles. The van der Waals surface area contributed by atoms with Crippen LogP contribution >= 0.6 is 11.3 Å². The van der Waals surface area contributed by atoms with Gasteiger partial charge in [0.2, 0.25) is 0 Å². The van der Waals surface area contributed by atoms with Crippen molar-refractivity contribution in [2.45, 2.75) is 13.3 Å². The van der Waals surface area contributed by atoms with E-state index in [2.05, 4.69) is 35.6 Å². The molecule has 13 heavy (non-hydrogen) atoms. The van der Waals surface area contributed by atoms with Crippen LogP contribution in [0.15, 0.2) is 34.9 Å². The summed E-state index contributed by atoms with van der Waals surface area (Å²) in [4.78, 5) is 1.28. The molecule has 1 aliphatic heterocycles. The lowest BCUT2D eigenvalue weighted by Crippen LogP contribution is -2.16. The number of hydrogen-bond acceptors (Lipinski definition) is 3. The zero-order valence-electron chi connectivity index (χ0n) is 7.60. The quantitative estimate of drug-likeness (QED) is 0.703. The molecule has 0 unspecified atom stereocenters. The topological polar surface area (TPSA) is 15.6 Å². The number of thiophene rings is 1. The molecule has 0 saturated heterocycles. The Kier molecular flexibility index (Phi) is 2.45. The molecule has 0 spiro atoms. The van der Waals surface area contributed by atoms with E-state index in [1.165, 1.54) is 10.6 Å². The van der Waals surface area contributed by atoms with Crippen LogP contribution in [0.1, 0.15) is 18.2 Å². The van der Waals surface area contributed by atoms with Crippen molar-refractivity contribution in [2.75, 3.05) is 6.54 Å². The first-order valence-electron chi connectivity index (χ1n) is 4.45. The highest BCUT2D eigenvalue weighted by atomic mass is 32.1. The smallest absolute Gasteiger partial charge is 0.0819 e. The lowest BCUT2D eigenvalue weighted by molar-refractivity contribution is 0.416. The molecule has 0 aromatic carbocycles. The molecule has 0 atom stereocenters. The van der Waals surface area contributed by atoms with E-state index in [4.69, 9.17) is 0 Å². The first kappa shape index (κ1) is 8.51. The predicted molar refractivity (Wildman–Crippen MR) is 57.0 cm³/mol. The summed E-state index contributed by atoms with van der Waals surface area (Å²) in [6.07, 6.45) is 5.15. The minimum absolute atomic E-state index is 0.936. The first-order chi connectivity index (χ1) is 6.40. The van der Waals surface area contributed by atoms with Crippen molar-refractivity contribution in [2.24, 2.45) is 5.10 Å². The van der Waals surface area contributed by atoms with Crippen molar-refractivity contribution >= 4 is 17.0 Å². The zero-order chi connectivity index (χ0) is 9.10. The van der Waals surface area contributed by atoms with Gasteiger partial charge in [-0.05, 0) is 18.4 Å². The van der Waals surface area contributed by atoms with Crippen molar-refractivity contribution < 1.29 is 0 Å². The van der Waals surface area contributed by atoms with Crippen LogP contribution in [0.4, 0.5) is 0 Å². The second kappa shape index (κ2) is 3.75. The summed E-state index contributed by atoms with van der Waals surface area (Å²) in [7, 11) is 0. The lowest BCUT2D eigenvalue weighted by atomic mass is 10.2. The fourth-order valence-corrected chi connectivity index (χ4v) is 2.01. The van der Waals surface area contributed by atoms with E-state index >= 15 is 0 Å². The van der Waals surface area contributed by atoms with Gasteiger partial charge in [0, 0.05) is 19.2 Å². The van der Waals surface area contributed by atoms with E-state index in [1.54, 1.807) is 11.3 Å². The van der Waals surface area contributed by atoms with Gasteiger partial charge >= 0.3 is 0 Å². The summed E-state index contributed by atoms with van der Waals surface area (Å²) in [5, 5.41) is 8.58. The Hall–Kier alpha value is -1.09. The minimum atomic E-state index is 0.936. The van der Waals surface area contributed by atoms with Crippen molar-refractivity contribution in [1.82, 2.24) is 5.01 Å². The Bertz CT molecular complexity index is 325. The molecule has 0 fully saturated rings. The highest BCUT2D eigenvalue weighted by Gasteiger charge is 2.08. The molecule has 0 radical (unpaired) electrons. The molecule has 0 amide bonds. The molecule has 2 nitrogen and oxygen atoms in total. The Morgan fingerprint density at radius 3 is 3.23 bits per heavy atom. The van der Waals surface area contributed by atoms with E-state index in [9.17, 15) is 0 Å². The average Bonchev–Trinajstić information content (AvgIpc) is 2.71. The molecular formula is C10H12N2S. The van der Waals surface area contributed by atoms with Gasteiger partial charge in [-0.15, -0.1) is 11.3 Å². The first-order valence-corrected chi connectivity index (χ1v) is 5.33. The van der Waals surface area contributed by atoms with Crippen molar-refractivity contribution in [1.29, 1.82) is 0 Å². The van der Waals surface area contributed by atoms with Crippen LogP contribution in [-0.2, 0) is 0 Å². The normalized spacial score (nSPS) is 16.1. The molecule has 0 N–H and O–H groups in total. The van der Waals surface area contributed by atoms with Crippen molar-refractivity contribution in [3.8, 4) is 0 Å². The third kappa shape index (κ3) is 1.80. The number of nitrogens with zero attached hydrogens (tertiary/aromatic N) is 2. The van der Waals surface area contributed by atoms with Gasteiger partial charge in [-0.1, -0.05) is 12.1 Å². The van der Waals surface area contributed by atoms with Gasteiger partial charge in [0.25, 0.3) is 0 Å². The van der Waals surface area contributed by atoms with E-state index in [1.807, 2.05) is 11.2 Å². The SMILES string of the molecule is CCN1C=CCC(c2cccs2)=N1. The predicted octanol–water partition coefficient (Wildman–Crippen LogP) is 2.69. The third-order valence-corrected chi connectivity index (χ3v) is 2.89. The second-order valence-electron chi connectivity index (χ2n) is 2.87. The Labute approximate surface area is 82.2 Å². The lowest BCUT2D eigenvalue weighted by Gasteiger charge is -2.17. The van der Waals surface area contributed by atoms with Gasteiger partial charge in [-0.25, -0.2) is 0 Å². The highest BCUT2D eigenvalue weighted by molar-refractivity contribution is 7.12. The highest BCUT2D eigenvalue weighted by Crippen LogP contribution is 2.16. The van der Waals surface area contributed by atoms with Crippen LogP contribution < -0.4 is 0 Å². The molecule has 0 bridgehead atoms. The number of rotatable bonds is 2. The molecule has 2 rings (SSSR count). The average molecular weight is 192 g/mol. The van der Waals surface area contributed by atoms with Crippen LogP contribution in [-0.4, -0.2) is 17.3 Å². The zero-order valence-corrected chi connectivity index (χ0v) is 8.42. The van der Waals surface area contributed by atoms with Crippen LogP contribution in [0.25, 0.3) is 0 Å². The van der Waals surface area contributed by atoms with Gasteiger partial charge in [-0.3, -0.25) is 5.01 Å². The van der Waals surface area contributed by atoms with E-state index < -0.39 is 0 Å². The number of hydrogen-bond donors (Lipinski definition) is 0. The summed E-state index contributed by atoms with van der Waals surface area (Å²) in [5.41, 5.74) is 1.18. The minimum Gasteiger partial charge on any atom is -0.273 e. The van der Waals surface area contributed by atoms with Crippen molar-refractivity contribution in [3.63, 3.8) is 0 Å². The second-order valence-corrected chi connectivity index (χ2v) is 3.82. The maximum atomic E-state index is 4.52. The standard InChI is InChI=1S/C10H12N2S/c1-2-12-7-3-5-9(11-12)10-6-4-8-13-10/h3-4,6-8H,2,5H2,1H3. The fraction of sp³-hybridized carbons (Fsp3) is 0.300. The van der Waals surface area contributed by atoms with Gasteiger partial charge in [0.15, 0.2) is 0 Å². The Morgan fingerprint density at radius 1 is 1.62 bits per heavy atom. The van der Waals surface area contributed by atoms with Crippen LogP contribution in [0.5, 0.6) is 0 Å². The maximum Gasteiger partial charge on any atom is 0.0819 e. The van der Waals surface area contributed by atoms with Crippen LogP contribution in [0.2, 0.25) is 0 Å². The summed E-state index contributed by atoms with van der Waals surface area (Å²) in [6, 6.07) is 4.19. The molecule has 68 valence electrons. The number of hydrazone groups is 1. The molecule has 3 heteroatoms. The molecule has 1 aliphatic rings. The monoisotopic (exact) mass is 192 g/mol. The molecule has 2 heterocycles.